The Kier molecular flexibility index (Phi) is 5.51. The molecule has 0 bridgehead atoms. The number of fused-ring (bicyclic) bond motifs is 1. The van der Waals surface area contributed by atoms with E-state index in [1.54, 1.807) is 0 Å². The van der Waals surface area contributed by atoms with E-state index < -0.39 is 5.54 Å². The maximum absolute atomic E-state index is 13.4. The van der Waals surface area contributed by atoms with Crippen LogP contribution in [0.3, 0.4) is 0 Å². The summed E-state index contributed by atoms with van der Waals surface area (Å²) in [5.41, 5.74) is 7.29. The summed E-state index contributed by atoms with van der Waals surface area (Å²) in [7, 11) is 0. The summed E-state index contributed by atoms with van der Waals surface area (Å²) in [5.74, 6) is 0.816. The smallest absolute Gasteiger partial charge is 0.123 e. The van der Waals surface area contributed by atoms with Crippen molar-refractivity contribution >= 4 is 0 Å². The molecule has 6 atom stereocenters. The molecule has 3 heterocycles. The maximum Gasteiger partial charge on any atom is 0.123 e. The minimum Gasteiger partial charge on any atom is -0.396 e. The summed E-state index contributed by atoms with van der Waals surface area (Å²) in [5, 5.41) is 23.7. The van der Waals surface area contributed by atoms with Crippen LogP contribution in [-0.4, -0.2) is 66.1 Å². The number of halogens is 1. The first-order chi connectivity index (χ1) is 13.1. The summed E-state index contributed by atoms with van der Waals surface area (Å²) in [4.78, 5) is 2.45. The maximum atomic E-state index is 13.4. The minimum absolute atomic E-state index is 0.0393. The Morgan fingerprint density at radius 2 is 1.96 bits per heavy atom. The van der Waals surface area contributed by atoms with E-state index in [-0.39, 0.29) is 37.0 Å². The molecule has 3 fully saturated rings. The average Bonchev–Trinajstić information content (AvgIpc) is 3.38. The summed E-state index contributed by atoms with van der Waals surface area (Å²) in [6, 6.07) is 7.02. The van der Waals surface area contributed by atoms with Crippen LogP contribution in [0.15, 0.2) is 24.3 Å². The fourth-order valence-corrected chi connectivity index (χ4v) is 5.64. The highest BCUT2D eigenvalue weighted by Gasteiger charge is 2.58. The fraction of sp³-hybridized carbons (Fsp3) is 0.700. The number of rotatable bonds is 6. The van der Waals surface area contributed by atoms with Crippen molar-refractivity contribution in [2.45, 2.75) is 31.0 Å². The Morgan fingerprint density at radius 3 is 2.63 bits per heavy atom. The van der Waals surface area contributed by atoms with Crippen LogP contribution in [-0.2, 0) is 0 Å². The third-order valence-electron chi connectivity index (χ3n) is 7.07. The van der Waals surface area contributed by atoms with Gasteiger partial charge in [-0.05, 0) is 42.5 Å². The van der Waals surface area contributed by atoms with Gasteiger partial charge in [-0.3, -0.25) is 5.43 Å². The van der Waals surface area contributed by atoms with Gasteiger partial charge in [0.05, 0.1) is 12.6 Å². The first-order valence-electron chi connectivity index (χ1n) is 10.1. The van der Waals surface area contributed by atoms with Crippen molar-refractivity contribution in [3.63, 3.8) is 0 Å². The van der Waals surface area contributed by atoms with Gasteiger partial charge in [-0.1, -0.05) is 19.1 Å². The number of aliphatic hydroxyl groups excluding tert-OH is 2. The zero-order valence-corrected chi connectivity index (χ0v) is 15.9. The second-order valence-electron chi connectivity index (χ2n) is 8.30. The molecule has 0 spiro atoms. The van der Waals surface area contributed by atoms with E-state index in [0.717, 1.165) is 31.7 Å². The van der Waals surface area contributed by atoms with Crippen LogP contribution < -0.4 is 16.2 Å². The van der Waals surface area contributed by atoms with Crippen molar-refractivity contribution in [1.29, 1.82) is 0 Å². The molecule has 6 nitrogen and oxygen atoms in total. The molecular weight excluding hydrogens is 347 g/mol. The Labute approximate surface area is 160 Å². The van der Waals surface area contributed by atoms with E-state index in [1.165, 1.54) is 12.1 Å². The van der Waals surface area contributed by atoms with Gasteiger partial charge < -0.3 is 20.4 Å². The highest BCUT2D eigenvalue weighted by atomic mass is 19.1. The summed E-state index contributed by atoms with van der Waals surface area (Å²) in [6.07, 6.45) is 0.563. The zero-order chi connectivity index (χ0) is 19.0. The number of aliphatic hydroxyl groups is 2. The van der Waals surface area contributed by atoms with Gasteiger partial charge in [0.15, 0.2) is 0 Å². The molecule has 0 radical (unpaired) electrons. The van der Waals surface area contributed by atoms with E-state index >= 15 is 0 Å². The van der Waals surface area contributed by atoms with Crippen molar-refractivity contribution in [2.75, 3.05) is 39.4 Å². The van der Waals surface area contributed by atoms with Crippen LogP contribution in [0.1, 0.15) is 24.9 Å². The van der Waals surface area contributed by atoms with E-state index in [0.29, 0.717) is 18.3 Å². The largest absolute Gasteiger partial charge is 0.396 e. The summed E-state index contributed by atoms with van der Waals surface area (Å²) in [6.45, 7) is 6.07. The molecule has 5 N–H and O–H groups in total. The molecule has 150 valence electrons. The minimum atomic E-state index is -0.427. The van der Waals surface area contributed by atoms with Gasteiger partial charge in [0.25, 0.3) is 0 Å². The number of likely N-dealkylation sites (tertiary alicyclic amines) is 1. The Balaban J connectivity index is 1.62. The Morgan fingerprint density at radius 1 is 1.19 bits per heavy atom. The van der Waals surface area contributed by atoms with E-state index in [4.69, 9.17) is 0 Å². The standard InChI is InChI=1S/C20H31FN4O2/c1-2-25-10-16-17(11-25)20(12-27,7-8-26)23-19(16)15-9-22-24-18(15)13-3-5-14(21)6-4-13/h3-6,15-19,22-24,26-27H,2,7-12H2,1H3/t15?,16-,17+,18?,19-,20+/m0/s1. The van der Waals surface area contributed by atoms with Gasteiger partial charge in [0.1, 0.15) is 5.82 Å². The molecule has 0 saturated carbocycles. The Hall–Kier alpha value is -1.09. The molecule has 4 rings (SSSR count). The third-order valence-corrected chi connectivity index (χ3v) is 7.07. The first kappa shape index (κ1) is 19.2. The van der Waals surface area contributed by atoms with Crippen molar-refractivity contribution < 1.29 is 14.6 Å². The summed E-state index contributed by atoms with van der Waals surface area (Å²) < 4.78 is 13.4. The lowest BCUT2D eigenvalue weighted by molar-refractivity contribution is 0.0958. The van der Waals surface area contributed by atoms with Crippen LogP contribution in [0, 0.1) is 23.6 Å². The number of hydrogen-bond acceptors (Lipinski definition) is 6. The highest BCUT2D eigenvalue weighted by Crippen LogP contribution is 2.46. The molecule has 3 saturated heterocycles. The molecular formula is C20H31FN4O2. The van der Waals surface area contributed by atoms with Crippen LogP contribution in [0.4, 0.5) is 4.39 Å². The van der Waals surface area contributed by atoms with E-state index in [9.17, 15) is 14.6 Å². The van der Waals surface area contributed by atoms with Crippen molar-refractivity contribution in [3.05, 3.63) is 35.6 Å². The molecule has 0 amide bonds. The third kappa shape index (κ3) is 3.30. The van der Waals surface area contributed by atoms with Crippen molar-refractivity contribution in [1.82, 2.24) is 21.1 Å². The topological polar surface area (TPSA) is 79.8 Å². The van der Waals surface area contributed by atoms with Crippen LogP contribution >= 0.6 is 0 Å². The van der Waals surface area contributed by atoms with Crippen LogP contribution in [0.5, 0.6) is 0 Å². The average molecular weight is 378 g/mol. The molecule has 27 heavy (non-hydrogen) atoms. The second kappa shape index (κ2) is 7.73. The predicted octanol–water partition coefficient (Wildman–Crippen LogP) is 0.244. The van der Waals surface area contributed by atoms with E-state index in [1.807, 2.05) is 12.1 Å². The quantitative estimate of drug-likeness (QED) is 0.488. The molecule has 1 aromatic carbocycles. The fourth-order valence-electron chi connectivity index (χ4n) is 5.64. The van der Waals surface area contributed by atoms with Crippen molar-refractivity contribution in [3.8, 4) is 0 Å². The molecule has 3 aliphatic rings. The molecule has 0 aliphatic carbocycles. The zero-order valence-electron chi connectivity index (χ0n) is 15.9. The van der Waals surface area contributed by atoms with E-state index in [2.05, 4.69) is 28.0 Å². The lowest BCUT2D eigenvalue weighted by atomic mass is 9.76. The number of benzene rings is 1. The van der Waals surface area contributed by atoms with Gasteiger partial charge in [-0.25, -0.2) is 9.82 Å². The lowest BCUT2D eigenvalue weighted by Gasteiger charge is -2.35. The molecule has 3 aliphatic heterocycles. The molecule has 2 unspecified atom stereocenters. The summed E-state index contributed by atoms with van der Waals surface area (Å²) >= 11 is 0. The van der Waals surface area contributed by atoms with Gasteiger partial charge in [-0.2, -0.15) is 0 Å². The SMILES string of the molecule is CCN1C[C@H]2[C@@H](C1)[C@](CO)(CCO)N[C@H]2C1CNNC1c1ccc(F)cc1. The number of nitrogens with zero attached hydrogens (tertiary/aromatic N) is 1. The monoisotopic (exact) mass is 378 g/mol. The van der Waals surface area contributed by atoms with Crippen LogP contribution in [0.25, 0.3) is 0 Å². The number of nitrogens with one attached hydrogen (secondary N) is 3. The lowest BCUT2D eigenvalue weighted by Crippen LogP contribution is -2.54. The van der Waals surface area contributed by atoms with Gasteiger partial charge in [0.2, 0.25) is 0 Å². The highest BCUT2D eigenvalue weighted by molar-refractivity contribution is 5.24. The molecule has 7 heteroatoms. The predicted molar refractivity (Wildman–Crippen MR) is 101 cm³/mol. The van der Waals surface area contributed by atoms with Gasteiger partial charge in [-0.15, -0.1) is 0 Å². The van der Waals surface area contributed by atoms with Crippen molar-refractivity contribution in [2.24, 2.45) is 17.8 Å². The first-order valence-corrected chi connectivity index (χ1v) is 10.1. The molecule has 1 aromatic rings. The Bertz CT molecular complexity index is 645. The second-order valence-corrected chi connectivity index (χ2v) is 8.30. The normalized spacial score (nSPS) is 39.2. The van der Waals surface area contributed by atoms with Gasteiger partial charge >= 0.3 is 0 Å². The molecule has 0 aromatic heterocycles. The number of hydrazine groups is 1. The number of hydrogen-bond donors (Lipinski definition) is 5. The van der Waals surface area contributed by atoms with Crippen LogP contribution in [0.2, 0.25) is 0 Å². The van der Waals surface area contributed by atoms with Gasteiger partial charge in [0, 0.05) is 43.7 Å².